The highest BCUT2D eigenvalue weighted by atomic mass is 35.7. The van der Waals surface area contributed by atoms with Gasteiger partial charge in [-0.3, -0.25) is 0 Å². The highest BCUT2D eigenvalue weighted by Gasteiger charge is 2.17. The molecule has 1 heterocycles. The highest BCUT2D eigenvalue weighted by Crippen LogP contribution is 2.22. The van der Waals surface area contributed by atoms with Crippen LogP contribution < -0.4 is 0 Å². The van der Waals surface area contributed by atoms with Gasteiger partial charge in [-0.05, 0) is 25.2 Å². The predicted octanol–water partition coefficient (Wildman–Crippen LogP) is 1.93. The van der Waals surface area contributed by atoms with Crippen LogP contribution in [0.3, 0.4) is 0 Å². The lowest BCUT2D eigenvalue weighted by atomic mass is 9.93. The van der Waals surface area contributed by atoms with E-state index in [0.29, 0.717) is 11.5 Å². The van der Waals surface area contributed by atoms with Crippen molar-refractivity contribution < 1.29 is 13.2 Å². The zero-order valence-corrected chi connectivity index (χ0v) is 9.61. The first kappa shape index (κ1) is 12.0. The first-order valence-electron chi connectivity index (χ1n) is 4.64. The van der Waals surface area contributed by atoms with E-state index in [1.54, 1.807) is 0 Å². The summed E-state index contributed by atoms with van der Waals surface area (Å²) in [6.07, 6.45) is 2.72. The molecule has 1 aliphatic heterocycles. The van der Waals surface area contributed by atoms with E-state index in [9.17, 15) is 8.42 Å². The van der Waals surface area contributed by atoms with Gasteiger partial charge in [0.05, 0.1) is 5.75 Å². The van der Waals surface area contributed by atoms with Gasteiger partial charge in [0.15, 0.2) is 0 Å². The van der Waals surface area contributed by atoms with Gasteiger partial charge in [0.1, 0.15) is 0 Å². The Balaban J connectivity index is 2.32. The van der Waals surface area contributed by atoms with E-state index in [2.05, 4.69) is 6.58 Å². The van der Waals surface area contributed by atoms with Crippen LogP contribution in [0.5, 0.6) is 0 Å². The number of hydrogen-bond acceptors (Lipinski definition) is 3. The summed E-state index contributed by atoms with van der Waals surface area (Å²) >= 11 is 0. The molecule has 1 aliphatic rings. The van der Waals surface area contributed by atoms with Gasteiger partial charge in [0.2, 0.25) is 9.05 Å². The number of ether oxygens (including phenoxy) is 1. The highest BCUT2D eigenvalue weighted by molar-refractivity contribution is 8.13. The fourth-order valence-electron chi connectivity index (χ4n) is 1.66. The van der Waals surface area contributed by atoms with E-state index in [1.807, 2.05) is 0 Å². The van der Waals surface area contributed by atoms with Crippen molar-refractivity contribution in [1.29, 1.82) is 0 Å². The van der Waals surface area contributed by atoms with Crippen molar-refractivity contribution in [1.82, 2.24) is 0 Å². The van der Waals surface area contributed by atoms with E-state index < -0.39 is 9.05 Å². The van der Waals surface area contributed by atoms with Gasteiger partial charge < -0.3 is 4.74 Å². The first-order chi connectivity index (χ1) is 6.47. The molecule has 1 rings (SSSR count). The van der Waals surface area contributed by atoms with Crippen molar-refractivity contribution in [2.75, 3.05) is 19.0 Å². The fraction of sp³-hybridized carbons (Fsp3) is 0.778. The lowest BCUT2D eigenvalue weighted by Crippen LogP contribution is -2.17. The minimum absolute atomic E-state index is 0.105. The van der Waals surface area contributed by atoms with Crippen LogP contribution in [-0.2, 0) is 13.8 Å². The second-order valence-electron chi connectivity index (χ2n) is 3.69. The smallest absolute Gasteiger partial charge is 0.236 e. The molecule has 0 spiro atoms. The van der Waals surface area contributed by atoms with Crippen LogP contribution >= 0.6 is 10.7 Å². The monoisotopic (exact) mass is 238 g/mol. The zero-order valence-electron chi connectivity index (χ0n) is 8.04. The van der Waals surface area contributed by atoms with Crippen molar-refractivity contribution in [2.45, 2.75) is 19.3 Å². The average molecular weight is 239 g/mol. The molecule has 0 aromatic carbocycles. The molecule has 0 aromatic rings. The van der Waals surface area contributed by atoms with Crippen molar-refractivity contribution in [2.24, 2.45) is 5.92 Å². The summed E-state index contributed by atoms with van der Waals surface area (Å²) in [6, 6.07) is 0. The molecule has 1 fully saturated rings. The van der Waals surface area contributed by atoms with Crippen molar-refractivity contribution in [3.63, 3.8) is 0 Å². The molecule has 5 heteroatoms. The molecule has 0 bridgehead atoms. The van der Waals surface area contributed by atoms with Gasteiger partial charge in [0.25, 0.3) is 0 Å². The molecule has 82 valence electrons. The van der Waals surface area contributed by atoms with Crippen molar-refractivity contribution in [3.8, 4) is 0 Å². The quantitative estimate of drug-likeness (QED) is 0.555. The number of hydrogen-bond donors (Lipinski definition) is 0. The maximum Gasteiger partial charge on any atom is 0.236 e. The second kappa shape index (κ2) is 5.14. The standard InChI is InChI=1S/C9H15ClO3S/c1-8(7-14(10,11)12)6-9-2-4-13-5-3-9/h9H,1-7H2. The van der Waals surface area contributed by atoms with Gasteiger partial charge in [-0.15, -0.1) is 0 Å². The molecule has 0 atom stereocenters. The lowest BCUT2D eigenvalue weighted by molar-refractivity contribution is 0.0666. The Hall–Kier alpha value is -0.0600. The summed E-state index contributed by atoms with van der Waals surface area (Å²) in [4.78, 5) is 0. The predicted molar refractivity (Wildman–Crippen MR) is 56.9 cm³/mol. The summed E-state index contributed by atoms with van der Waals surface area (Å²) in [5, 5.41) is 0. The van der Waals surface area contributed by atoms with E-state index in [-0.39, 0.29) is 5.75 Å². The minimum Gasteiger partial charge on any atom is -0.381 e. The van der Waals surface area contributed by atoms with Crippen molar-refractivity contribution >= 4 is 19.7 Å². The lowest BCUT2D eigenvalue weighted by Gasteiger charge is -2.22. The van der Waals surface area contributed by atoms with Gasteiger partial charge in [0, 0.05) is 23.9 Å². The summed E-state index contributed by atoms with van der Waals surface area (Å²) in [5.74, 6) is 0.404. The molecule has 0 saturated carbocycles. The Morgan fingerprint density at radius 3 is 2.50 bits per heavy atom. The average Bonchev–Trinajstić information content (AvgIpc) is 2.02. The molecule has 0 aromatic heterocycles. The topological polar surface area (TPSA) is 43.4 Å². The maximum absolute atomic E-state index is 10.8. The molecule has 1 saturated heterocycles. The molecule has 0 unspecified atom stereocenters. The molecule has 3 nitrogen and oxygen atoms in total. The van der Waals surface area contributed by atoms with Gasteiger partial charge >= 0.3 is 0 Å². The van der Waals surface area contributed by atoms with E-state index >= 15 is 0 Å². The molecule has 14 heavy (non-hydrogen) atoms. The summed E-state index contributed by atoms with van der Waals surface area (Å²) in [7, 11) is 1.70. The van der Waals surface area contributed by atoms with Gasteiger partial charge in [-0.1, -0.05) is 12.2 Å². The SMILES string of the molecule is C=C(CC1CCOCC1)CS(=O)(=O)Cl. The normalized spacial score (nSPS) is 19.5. The van der Waals surface area contributed by atoms with E-state index in [0.717, 1.165) is 32.5 Å². The van der Waals surface area contributed by atoms with Crippen LogP contribution in [0.4, 0.5) is 0 Å². The summed E-state index contributed by atoms with van der Waals surface area (Å²) < 4.78 is 26.7. The number of halogens is 1. The number of rotatable bonds is 4. The van der Waals surface area contributed by atoms with E-state index in [4.69, 9.17) is 15.4 Å². The maximum atomic E-state index is 10.8. The summed E-state index contributed by atoms with van der Waals surface area (Å²) in [6.45, 7) is 5.27. The van der Waals surface area contributed by atoms with Crippen LogP contribution in [0.1, 0.15) is 19.3 Å². The third-order valence-electron chi connectivity index (χ3n) is 2.29. The third kappa shape index (κ3) is 4.98. The van der Waals surface area contributed by atoms with Crippen LogP contribution in [0.25, 0.3) is 0 Å². The molecular formula is C9H15ClO3S. The second-order valence-corrected chi connectivity index (χ2v) is 6.47. The Morgan fingerprint density at radius 2 is 2.00 bits per heavy atom. The van der Waals surface area contributed by atoms with Crippen LogP contribution in [0, 0.1) is 5.92 Å². The Labute approximate surface area is 89.5 Å². The molecule has 0 N–H and O–H groups in total. The van der Waals surface area contributed by atoms with Gasteiger partial charge in [-0.2, -0.15) is 0 Å². The first-order valence-corrected chi connectivity index (χ1v) is 7.12. The largest absolute Gasteiger partial charge is 0.381 e. The van der Waals surface area contributed by atoms with Crippen LogP contribution in [0.15, 0.2) is 12.2 Å². The Morgan fingerprint density at radius 1 is 1.43 bits per heavy atom. The Kier molecular flexibility index (Phi) is 4.41. The Bertz CT molecular complexity index is 291. The minimum atomic E-state index is -3.43. The van der Waals surface area contributed by atoms with Gasteiger partial charge in [-0.25, -0.2) is 8.42 Å². The zero-order chi connectivity index (χ0) is 10.6. The molecule has 0 radical (unpaired) electrons. The summed E-state index contributed by atoms with van der Waals surface area (Å²) in [5.41, 5.74) is 0.701. The molecule has 0 amide bonds. The molecule has 0 aliphatic carbocycles. The fourth-order valence-corrected chi connectivity index (χ4v) is 2.73. The van der Waals surface area contributed by atoms with Crippen molar-refractivity contribution in [3.05, 3.63) is 12.2 Å². The third-order valence-corrected chi connectivity index (χ3v) is 3.38. The van der Waals surface area contributed by atoms with E-state index in [1.165, 1.54) is 0 Å². The molecular weight excluding hydrogens is 224 g/mol. The van der Waals surface area contributed by atoms with Crippen LogP contribution in [0.2, 0.25) is 0 Å². The van der Waals surface area contributed by atoms with Crippen LogP contribution in [-0.4, -0.2) is 27.4 Å².